The first-order chi connectivity index (χ1) is 13.1. The summed E-state index contributed by atoms with van der Waals surface area (Å²) in [4.78, 5) is 42.7. The maximum atomic E-state index is 13.5. The van der Waals surface area contributed by atoms with Crippen molar-refractivity contribution in [3.05, 3.63) is 41.5 Å². The Balaban J connectivity index is 1.92. The zero-order chi connectivity index (χ0) is 19.2. The first kappa shape index (κ1) is 17.9. The number of hydrogen-bond acceptors (Lipinski definition) is 5. The molecule has 4 unspecified atom stereocenters. The Morgan fingerprint density at radius 2 is 2.22 bits per heavy atom. The Hall–Kier alpha value is -2.51. The van der Waals surface area contributed by atoms with Gasteiger partial charge in [-0.15, -0.1) is 0 Å². The molecule has 3 heterocycles. The molecule has 1 saturated heterocycles. The second-order valence-electron chi connectivity index (χ2n) is 7.12. The average Bonchev–Trinajstić information content (AvgIpc) is 2.79. The van der Waals surface area contributed by atoms with Gasteiger partial charge in [0.1, 0.15) is 5.41 Å². The maximum Gasteiger partial charge on any atom is 0.264 e. The zero-order valence-corrected chi connectivity index (χ0v) is 15.3. The van der Waals surface area contributed by atoms with Crippen molar-refractivity contribution in [2.75, 3.05) is 18.8 Å². The molecule has 4 aliphatic rings. The fourth-order valence-corrected chi connectivity index (χ4v) is 4.71. The molecule has 0 saturated carbocycles. The highest BCUT2D eigenvalue weighted by molar-refractivity contribution is 6.08. The Kier molecular flexibility index (Phi) is 4.36. The zero-order valence-electron chi connectivity index (χ0n) is 15.3. The molecule has 7 nitrogen and oxygen atoms in total. The first-order valence-corrected chi connectivity index (χ1v) is 9.12. The number of nitrogens with zero attached hydrogens (tertiary/aromatic N) is 1. The number of para-hydroxylation sites is 1. The van der Waals surface area contributed by atoms with Gasteiger partial charge in [-0.3, -0.25) is 19.2 Å². The third-order valence-corrected chi connectivity index (χ3v) is 5.98. The molecule has 5 rings (SSSR count). The summed E-state index contributed by atoms with van der Waals surface area (Å²) in [7, 11) is 1.45. The van der Waals surface area contributed by atoms with Crippen molar-refractivity contribution in [2.24, 2.45) is 5.92 Å². The minimum absolute atomic E-state index is 0.0189. The molecular formula is C20H22N2O5. The van der Waals surface area contributed by atoms with E-state index in [1.54, 1.807) is 6.08 Å². The van der Waals surface area contributed by atoms with Crippen LogP contribution < -0.4 is 10.4 Å². The lowest BCUT2D eigenvalue weighted by Crippen LogP contribution is -2.50. The van der Waals surface area contributed by atoms with Crippen LogP contribution in [0.2, 0.25) is 0 Å². The van der Waals surface area contributed by atoms with E-state index in [1.807, 2.05) is 31.2 Å². The molecule has 1 aromatic rings. The van der Waals surface area contributed by atoms with E-state index in [4.69, 9.17) is 9.57 Å². The minimum atomic E-state index is -1.04. The number of nitrogens with one attached hydrogen (secondary N) is 1. The lowest BCUT2D eigenvalue weighted by Gasteiger charge is -2.33. The smallest absolute Gasteiger partial charge is 0.264 e. The first-order valence-electron chi connectivity index (χ1n) is 9.12. The number of hydrogen-bond donors (Lipinski definition) is 1. The molecule has 1 N–H and O–H groups in total. The van der Waals surface area contributed by atoms with Gasteiger partial charge in [0.25, 0.3) is 5.91 Å². The van der Waals surface area contributed by atoms with Crippen molar-refractivity contribution in [2.45, 2.75) is 37.3 Å². The summed E-state index contributed by atoms with van der Waals surface area (Å²) >= 11 is 0. The highest BCUT2D eigenvalue weighted by Gasteiger charge is 2.61. The van der Waals surface area contributed by atoms with Crippen LogP contribution in [0.25, 0.3) is 0 Å². The van der Waals surface area contributed by atoms with Gasteiger partial charge in [-0.2, -0.15) is 5.06 Å². The molecule has 0 radical (unpaired) electrons. The normalized spacial score (nSPS) is 31.5. The van der Waals surface area contributed by atoms with E-state index >= 15 is 0 Å². The Morgan fingerprint density at radius 3 is 2.93 bits per heavy atom. The quantitative estimate of drug-likeness (QED) is 0.789. The number of fused-ring (bicyclic) bond motifs is 3. The Morgan fingerprint density at radius 1 is 1.44 bits per heavy atom. The third-order valence-electron chi connectivity index (χ3n) is 5.98. The van der Waals surface area contributed by atoms with Crippen molar-refractivity contribution in [3.8, 4) is 0 Å². The Labute approximate surface area is 157 Å². The molecule has 2 amide bonds. The highest BCUT2D eigenvalue weighted by atomic mass is 16.7. The number of benzene rings is 1. The van der Waals surface area contributed by atoms with Gasteiger partial charge < -0.3 is 10.1 Å². The van der Waals surface area contributed by atoms with Gasteiger partial charge >= 0.3 is 0 Å². The summed E-state index contributed by atoms with van der Waals surface area (Å²) in [5.74, 6) is -0.490. The average molecular weight is 370 g/mol. The number of ketones is 1. The number of rotatable bonds is 5. The number of hydroxylamine groups is 1. The second kappa shape index (κ2) is 6.58. The van der Waals surface area contributed by atoms with E-state index in [1.165, 1.54) is 12.2 Å². The molecule has 1 aliphatic carbocycles. The molecule has 142 valence electrons. The topological polar surface area (TPSA) is 84.9 Å². The fourth-order valence-electron chi connectivity index (χ4n) is 4.71. The molecule has 27 heavy (non-hydrogen) atoms. The summed E-state index contributed by atoms with van der Waals surface area (Å²) in [6.07, 6.45) is 2.54. The van der Waals surface area contributed by atoms with Crippen LogP contribution in [0.1, 0.15) is 25.3 Å². The van der Waals surface area contributed by atoms with Crippen LogP contribution in [0.5, 0.6) is 0 Å². The van der Waals surface area contributed by atoms with Crippen LogP contribution >= 0.6 is 0 Å². The van der Waals surface area contributed by atoms with E-state index in [0.717, 1.165) is 5.56 Å². The van der Waals surface area contributed by atoms with Crippen LogP contribution in [-0.4, -0.2) is 44.0 Å². The lowest BCUT2D eigenvalue weighted by molar-refractivity contribution is -0.134. The van der Waals surface area contributed by atoms with Gasteiger partial charge in [-0.25, -0.2) is 0 Å². The largest absolute Gasteiger partial charge is 0.372 e. The number of Topliss-reactive ketones (excluding diaryl/α,β-unsaturated/α-hetero) is 1. The van der Waals surface area contributed by atoms with Crippen molar-refractivity contribution in [3.63, 3.8) is 0 Å². The van der Waals surface area contributed by atoms with Crippen LogP contribution in [0.3, 0.4) is 0 Å². The van der Waals surface area contributed by atoms with Gasteiger partial charge in [0.2, 0.25) is 6.41 Å². The summed E-state index contributed by atoms with van der Waals surface area (Å²) < 4.78 is 6.07. The van der Waals surface area contributed by atoms with E-state index in [2.05, 4.69) is 5.32 Å². The summed E-state index contributed by atoms with van der Waals surface area (Å²) in [5.41, 5.74) is 1.06. The number of amides is 2. The molecule has 7 heteroatoms. The monoisotopic (exact) mass is 370 g/mol. The minimum Gasteiger partial charge on any atom is -0.372 e. The standard InChI is InChI=1S/C20H22N2O5/c1-3-17(24)12-8-18-20(9-15(21-11-23)13(12)10-27-18)14-6-4-5-7-16(14)22(26-2)19(20)25/h4-8,11,13,15,18H,3,9-10H2,1-2H3,(H,21,23). The molecule has 1 fully saturated rings. The molecule has 3 aliphatic heterocycles. The van der Waals surface area contributed by atoms with Gasteiger partial charge in [0.15, 0.2) is 5.78 Å². The number of carbonyl (C=O) groups is 3. The Bertz CT molecular complexity index is 835. The van der Waals surface area contributed by atoms with Gasteiger partial charge in [-0.1, -0.05) is 25.1 Å². The van der Waals surface area contributed by atoms with E-state index < -0.39 is 11.5 Å². The number of ether oxygens (including phenoxy) is 1. The van der Waals surface area contributed by atoms with Gasteiger partial charge in [0, 0.05) is 24.0 Å². The van der Waals surface area contributed by atoms with Crippen LogP contribution in [-0.2, 0) is 29.4 Å². The molecule has 1 spiro atoms. The molecule has 1 aromatic carbocycles. The summed E-state index contributed by atoms with van der Waals surface area (Å²) in [6.45, 7) is 2.10. The molecule has 4 atom stereocenters. The maximum absolute atomic E-state index is 13.5. The molecule has 0 aromatic heterocycles. The SMILES string of the molecule is CCC(=O)C1=CC2OCC1C(NC=O)CC21C(=O)N(OC)c2ccccc21. The summed E-state index contributed by atoms with van der Waals surface area (Å²) in [6, 6.07) is 7.04. The van der Waals surface area contributed by atoms with Crippen LogP contribution in [0, 0.1) is 5.92 Å². The van der Waals surface area contributed by atoms with E-state index in [-0.39, 0.29) is 30.3 Å². The summed E-state index contributed by atoms with van der Waals surface area (Å²) in [5, 5.41) is 4.11. The van der Waals surface area contributed by atoms with E-state index in [9.17, 15) is 14.4 Å². The van der Waals surface area contributed by atoms with Crippen molar-refractivity contribution >= 4 is 23.8 Å². The highest BCUT2D eigenvalue weighted by Crippen LogP contribution is 2.52. The lowest BCUT2D eigenvalue weighted by atomic mass is 9.72. The van der Waals surface area contributed by atoms with Crippen LogP contribution in [0.15, 0.2) is 35.9 Å². The number of carbonyl (C=O) groups excluding carboxylic acids is 3. The third kappa shape index (κ3) is 2.38. The molecule has 2 bridgehead atoms. The van der Waals surface area contributed by atoms with Gasteiger partial charge in [0.05, 0.1) is 25.5 Å². The van der Waals surface area contributed by atoms with Crippen molar-refractivity contribution in [1.29, 1.82) is 0 Å². The predicted molar refractivity (Wildman–Crippen MR) is 96.8 cm³/mol. The van der Waals surface area contributed by atoms with Crippen molar-refractivity contribution < 1.29 is 24.0 Å². The second-order valence-corrected chi connectivity index (χ2v) is 7.12. The van der Waals surface area contributed by atoms with Gasteiger partial charge in [-0.05, 0) is 24.1 Å². The van der Waals surface area contributed by atoms with E-state index in [0.29, 0.717) is 30.5 Å². The predicted octanol–water partition coefficient (Wildman–Crippen LogP) is 1.27. The van der Waals surface area contributed by atoms with Crippen LogP contribution in [0.4, 0.5) is 5.69 Å². The number of anilines is 1. The fraction of sp³-hybridized carbons (Fsp3) is 0.450. The van der Waals surface area contributed by atoms with Crippen molar-refractivity contribution in [1.82, 2.24) is 5.32 Å². The molecular weight excluding hydrogens is 348 g/mol.